The second-order valence-electron chi connectivity index (χ2n) is 6.16. The monoisotopic (exact) mass is 286 g/mol. The Labute approximate surface area is 122 Å². The highest BCUT2D eigenvalue weighted by Gasteiger charge is 2.36. The van der Waals surface area contributed by atoms with E-state index in [9.17, 15) is 9.90 Å². The van der Waals surface area contributed by atoms with E-state index in [2.05, 4.69) is 13.8 Å². The molecule has 0 bridgehead atoms. The second kappa shape index (κ2) is 8.63. The van der Waals surface area contributed by atoms with Gasteiger partial charge in [0, 0.05) is 6.61 Å². The van der Waals surface area contributed by atoms with Crippen molar-refractivity contribution in [3.63, 3.8) is 0 Å². The Morgan fingerprint density at radius 1 is 1.35 bits per heavy atom. The van der Waals surface area contributed by atoms with Gasteiger partial charge in [-0.25, -0.2) is 0 Å². The molecule has 0 amide bonds. The third-order valence-electron chi connectivity index (χ3n) is 4.09. The number of carbonyl (C=O) groups is 1. The first kappa shape index (κ1) is 17.4. The molecule has 1 aliphatic rings. The molecule has 4 heteroatoms. The lowest BCUT2D eigenvalue weighted by Gasteiger charge is -2.35. The number of esters is 1. The topological polar surface area (TPSA) is 55.8 Å². The van der Waals surface area contributed by atoms with Crippen molar-refractivity contribution in [1.29, 1.82) is 0 Å². The van der Waals surface area contributed by atoms with Crippen LogP contribution in [0.5, 0.6) is 0 Å². The number of hydrogen-bond donors (Lipinski definition) is 1. The van der Waals surface area contributed by atoms with E-state index in [1.165, 1.54) is 0 Å². The summed E-state index contributed by atoms with van der Waals surface area (Å²) in [6.07, 6.45) is 4.96. The van der Waals surface area contributed by atoms with Gasteiger partial charge in [-0.1, -0.05) is 20.3 Å². The van der Waals surface area contributed by atoms with Crippen LogP contribution in [0.4, 0.5) is 0 Å². The van der Waals surface area contributed by atoms with E-state index in [-0.39, 0.29) is 11.9 Å². The van der Waals surface area contributed by atoms with Gasteiger partial charge in [-0.2, -0.15) is 0 Å². The van der Waals surface area contributed by atoms with Crippen molar-refractivity contribution >= 4 is 5.97 Å². The van der Waals surface area contributed by atoms with Gasteiger partial charge < -0.3 is 14.6 Å². The zero-order valence-electron chi connectivity index (χ0n) is 13.2. The Bertz CT molecular complexity index is 282. The Morgan fingerprint density at radius 3 is 2.55 bits per heavy atom. The molecule has 0 aromatic carbocycles. The minimum atomic E-state index is -0.755. The van der Waals surface area contributed by atoms with Crippen molar-refractivity contribution in [1.82, 2.24) is 0 Å². The maximum Gasteiger partial charge on any atom is 0.308 e. The molecule has 1 N–H and O–H groups in total. The first-order chi connectivity index (χ1) is 9.50. The van der Waals surface area contributed by atoms with Crippen molar-refractivity contribution in [2.45, 2.75) is 64.9 Å². The summed E-state index contributed by atoms with van der Waals surface area (Å²) in [6, 6.07) is 0. The van der Waals surface area contributed by atoms with E-state index in [1.54, 1.807) is 0 Å². The fourth-order valence-electron chi connectivity index (χ4n) is 2.82. The SMILES string of the molecule is CCCC(C)COCC1(O)CCC(C(=O)OCC)CC1. The molecule has 0 radical (unpaired) electrons. The van der Waals surface area contributed by atoms with E-state index in [1.807, 2.05) is 6.92 Å². The number of rotatable bonds is 8. The van der Waals surface area contributed by atoms with Crippen molar-refractivity contribution in [3.8, 4) is 0 Å². The maximum atomic E-state index is 11.6. The minimum Gasteiger partial charge on any atom is -0.466 e. The molecule has 1 atom stereocenters. The standard InChI is InChI=1S/C16H30O4/c1-4-6-13(3)11-19-12-16(18)9-7-14(8-10-16)15(17)20-5-2/h13-14,18H,4-12H2,1-3H3. The van der Waals surface area contributed by atoms with E-state index in [4.69, 9.17) is 9.47 Å². The van der Waals surface area contributed by atoms with Crippen LogP contribution >= 0.6 is 0 Å². The molecule has 0 spiro atoms. The Balaban J connectivity index is 2.26. The third-order valence-corrected chi connectivity index (χ3v) is 4.09. The van der Waals surface area contributed by atoms with Crippen LogP contribution in [0.1, 0.15) is 59.3 Å². The molecule has 1 unspecified atom stereocenters. The Hall–Kier alpha value is -0.610. The van der Waals surface area contributed by atoms with Gasteiger partial charge in [-0.05, 0) is 44.9 Å². The Morgan fingerprint density at radius 2 is 2.00 bits per heavy atom. The second-order valence-corrected chi connectivity index (χ2v) is 6.16. The van der Waals surface area contributed by atoms with Gasteiger partial charge in [-0.15, -0.1) is 0 Å². The quantitative estimate of drug-likeness (QED) is 0.697. The fourth-order valence-corrected chi connectivity index (χ4v) is 2.82. The van der Waals surface area contributed by atoms with Crippen molar-refractivity contribution in [2.75, 3.05) is 19.8 Å². The molecular weight excluding hydrogens is 256 g/mol. The van der Waals surface area contributed by atoms with Gasteiger partial charge in [-0.3, -0.25) is 4.79 Å². The average Bonchev–Trinajstić information content (AvgIpc) is 2.40. The van der Waals surface area contributed by atoms with Crippen LogP contribution in [0.2, 0.25) is 0 Å². The molecule has 1 saturated carbocycles. The number of carbonyl (C=O) groups excluding carboxylic acids is 1. The fraction of sp³-hybridized carbons (Fsp3) is 0.938. The molecule has 0 aliphatic heterocycles. The molecule has 0 saturated heterocycles. The van der Waals surface area contributed by atoms with Crippen LogP contribution < -0.4 is 0 Å². The first-order valence-electron chi connectivity index (χ1n) is 7.97. The largest absolute Gasteiger partial charge is 0.466 e. The van der Waals surface area contributed by atoms with Crippen LogP contribution in [0.25, 0.3) is 0 Å². The molecule has 1 rings (SSSR count). The lowest BCUT2D eigenvalue weighted by molar-refractivity contribution is -0.152. The normalized spacial score (nSPS) is 28.1. The van der Waals surface area contributed by atoms with Gasteiger partial charge in [0.15, 0.2) is 0 Å². The summed E-state index contributed by atoms with van der Waals surface area (Å²) in [6.45, 7) is 7.68. The van der Waals surface area contributed by atoms with Crippen molar-refractivity contribution < 1.29 is 19.4 Å². The van der Waals surface area contributed by atoms with Crippen molar-refractivity contribution in [3.05, 3.63) is 0 Å². The summed E-state index contributed by atoms with van der Waals surface area (Å²) in [5.74, 6) is 0.376. The summed E-state index contributed by atoms with van der Waals surface area (Å²) in [5, 5.41) is 10.5. The highest BCUT2D eigenvalue weighted by atomic mass is 16.5. The summed E-state index contributed by atoms with van der Waals surface area (Å²) < 4.78 is 10.7. The van der Waals surface area contributed by atoms with E-state index >= 15 is 0 Å². The lowest BCUT2D eigenvalue weighted by Crippen LogP contribution is -2.40. The van der Waals surface area contributed by atoms with Gasteiger partial charge in [0.1, 0.15) is 0 Å². The highest BCUT2D eigenvalue weighted by molar-refractivity contribution is 5.72. The van der Waals surface area contributed by atoms with Gasteiger partial charge >= 0.3 is 5.97 Å². The molecule has 20 heavy (non-hydrogen) atoms. The molecular formula is C16H30O4. The van der Waals surface area contributed by atoms with E-state index in [0.717, 1.165) is 12.8 Å². The molecule has 0 aromatic rings. The first-order valence-corrected chi connectivity index (χ1v) is 7.97. The molecule has 0 aromatic heterocycles. The van der Waals surface area contributed by atoms with Crippen LogP contribution in [-0.4, -0.2) is 36.5 Å². The smallest absolute Gasteiger partial charge is 0.308 e. The van der Waals surface area contributed by atoms with E-state index in [0.29, 0.717) is 51.4 Å². The maximum absolute atomic E-state index is 11.6. The van der Waals surface area contributed by atoms with Crippen LogP contribution in [0.15, 0.2) is 0 Å². The summed E-state index contributed by atoms with van der Waals surface area (Å²) >= 11 is 0. The molecule has 118 valence electrons. The number of hydrogen-bond acceptors (Lipinski definition) is 4. The van der Waals surface area contributed by atoms with E-state index < -0.39 is 5.60 Å². The molecule has 4 nitrogen and oxygen atoms in total. The molecule has 0 heterocycles. The Kier molecular flexibility index (Phi) is 7.52. The summed E-state index contributed by atoms with van der Waals surface area (Å²) in [7, 11) is 0. The van der Waals surface area contributed by atoms with Crippen LogP contribution in [0, 0.1) is 11.8 Å². The minimum absolute atomic E-state index is 0.0470. The van der Waals surface area contributed by atoms with Crippen LogP contribution in [-0.2, 0) is 14.3 Å². The molecule has 1 fully saturated rings. The van der Waals surface area contributed by atoms with Gasteiger partial charge in [0.25, 0.3) is 0 Å². The van der Waals surface area contributed by atoms with Crippen molar-refractivity contribution in [2.24, 2.45) is 11.8 Å². The third kappa shape index (κ3) is 5.80. The predicted molar refractivity (Wildman–Crippen MR) is 78.4 cm³/mol. The zero-order valence-corrected chi connectivity index (χ0v) is 13.2. The summed E-state index contributed by atoms with van der Waals surface area (Å²) in [4.78, 5) is 11.6. The zero-order chi connectivity index (χ0) is 15.0. The number of ether oxygens (including phenoxy) is 2. The number of aliphatic hydroxyl groups is 1. The van der Waals surface area contributed by atoms with Gasteiger partial charge in [0.05, 0.1) is 24.7 Å². The lowest BCUT2D eigenvalue weighted by atomic mass is 9.79. The molecule has 1 aliphatic carbocycles. The average molecular weight is 286 g/mol. The summed E-state index contributed by atoms with van der Waals surface area (Å²) in [5.41, 5.74) is -0.755. The highest BCUT2D eigenvalue weighted by Crippen LogP contribution is 2.33. The predicted octanol–water partition coefficient (Wildman–Crippen LogP) is 2.92. The van der Waals surface area contributed by atoms with Gasteiger partial charge in [0.2, 0.25) is 0 Å². The van der Waals surface area contributed by atoms with Crippen LogP contribution in [0.3, 0.4) is 0 Å².